The van der Waals surface area contributed by atoms with Gasteiger partial charge in [-0.3, -0.25) is 0 Å². The quantitative estimate of drug-likeness (QED) is 0.781. The van der Waals surface area contributed by atoms with Gasteiger partial charge in [0, 0.05) is 0 Å². The first kappa shape index (κ1) is 18.9. The predicted molar refractivity (Wildman–Crippen MR) is 76.0 cm³/mol. The van der Waals surface area contributed by atoms with Gasteiger partial charge in [0.15, 0.2) is 18.1 Å². The zero-order chi connectivity index (χ0) is 18.7. The highest BCUT2D eigenvalue weighted by Crippen LogP contribution is 2.37. The van der Waals surface area contributed by atoms with Crippen LogP contribution in [0.3, 0.4) is 0 Å². The van der Waals surface area contributed by atoms with Gasteiger partial charge in [-0.25, -0.2) is 0 Å². The van der Waals surface area contributed by atoms with Crippen molar-refractivity contribution in [3.63, 3.8) is 0 Å². The summed E-state index contributed by atoms with van der Waals surface area (Å²) in [7, 11) is 0. The maximum Gasteiger partial charge on any atom is 0.573 e. The van der Waals surface area contributed by atoms with Gasteiger partial charge in [0.25, 0.3) is 0 Å². The topological polar surface area (TPSA) is 38.7 Å². The SMILES string of the molecule is OCc1ccccc1-c1ccc(OC(F)(F)F)c(OCC(F)(F)F)c1. The molecule has 0 bridgehead atoms. The molecule has 9 heteroatoms. The van der Waals surface area contributed by atoms with Crippen LogP contribution in [0.25, 0.3) is 11.1 Å². The second-order valence-electron chi connectivity index (χ2n) is 4.93. The molecule has 2 rings (SSSR count). The van der Waals surface area contributed by atoms with Crippen molar-refractivity contribution in [2.75, 3.05) is 6.61 Å². The van der Waals surface area contributed by atoms with Gasteiger partial charge in [-0.1, -0.05) is 30.3 Å². The molecular formula is C16H12F6O3. The second-order valence-corrected chi connectivity index (χ2v) is 4.93. The molecule has 1 N–H and O–H groups in total. The summed E-state index contributed by atoms with van der Waals surface area (Å²) in [4.78, 5) is 0. The van der Waals surface area contributed by atoms with Crippen LogP contribution in [0.1, 0.15) is 5.56 Å². The van der Waals surface area contributed by atoms with Crippen LogP contribution in [0.5, 0.6) is 11.5 Å². The summed E-state index contributed by atoms with van der Waals surface area (Å²) in [6, 6.07) is 9.49. The van der Waals surface area contributed by atoms with Gasteiger partial charge < -0.3 is 14.6 Å². The van der Waals surface area contributed by atoms with Crippen molar-refractivity contribution in [2.45, 2.75) is 19.1 Å². The van der Waals surface area contributed by atoms with E-state index in [9.17, 15) is 31.4 Å². The number of hydrogen-bond donors (Lipinski definition) is 1. The number of aliphatic hydroxyl groups is 1. The summed E-state index contributed by atoms with van der Waals surface area (Å²) >= 11 is 0. The van der Waals surface area contributed by atoms with Gasteiger partial charge >= 0.3 is 12.5 Å². The van der Waals surface area contributed by atoms with Crippen molar-refractivity contribution in [1.29, 1.82) is 0 Å². The lowest BCUT2D eigenvalue weighted by Gasteiger charge is -2.17. The lowest BCUT2D eigenvalue weighted by atomic mass is 10.00. The first-order valence-corrected chi connectivity index (χ1v) is 6.87. The summed E-state index contributed by atoms with van der Waals surface area (Å²) in [5.41, 5.74) is 1.17. The van der Waals surface area contributed by atoms with E-state index in [2.05, 4.69) is 9.47 Å². The molecule has 0 saturated carbocycles. The maximum absolute atomic E-state index is 12.4. The number of aliphatic hydroxyl groups excluding tert-OH is 1. The van der Waals surface area contributed by atoms with E-state index in [0.29, 0.717) is 11.1 Å². The third-order valence-electron chi connectivity index (χ3n) is 3.06. The summed E-state index contributed by atoms with van der Waals surface area (Å²) in [6.45, 7) is -2.12. The Kier molecular flexibility index (Phi) is 5.46. The van der Waals surface area contributed by atoms with E-state index < -0.39 is 30.6 Å². The number of alkyl halides is 6. The zero-order valence-electron chi connectivity index (χ0n) is 12.5. The van der Waals surface area contributed by atoms with Gasteiger partial charge in [0.1, 0.15) is 0 Å². The summed E-state index contributed by atoms with van der Waals surface area (Å²) in [5, 5.41) is 9.31. The second kappa shape index (κ2) is 7.22. The van der Waals surface area contributed by atoms with Gasteiger partial charge in [0.2, 0.25) is 0 Å². The van der Waals surface area contributed by atoms with E-state index in [1.54, 1.807) is 24.3 Å². The Morgan fingerprint density at radius 2 is 1.56 bits per heavy atom. The van der Waals surface area contributed by atoms with Crippen LogP contribution >= 0.6 is 0 Å². The third-order valence-corrected chi connectivity index (χ3v) is 3.06. The third kappa shape index (κ3) is 5.56. The van der Waals surface area contributed by atoms with Gasteiger partial charge in [-0.15, -0.1) is 13.2 Å². The first-order valence-electron chi connectivity index (χ1n) is 6.87. The molecule has 136 valence electrons. The molecule has 0 radical (unpaired) electrons. The number of hydrogen-bond acceptors (Lipinski definition) is 3. The average molecular weight is 366 g/mol. The van der Waals surface area contributed by atoms with Crippen molar-refractivity contribution in [2.24, 2.45) is 0 Å². The molecule has 0 amide bonds. The van der Waals surface area contributed by atoms with Crippen LogP contribution in [0.2, 0.25) is 0 Å². The van der Waals surface area contributed by atoms with Gasteiger partial charge in [0.05, 0.1) is 6.61 Å². The Morgan fingerprint density at radius 1 is 0.880 bits per heavy atom. The largest absolute Gasteiger partial charge is 0.573 e. The van der Waals surface area contributed by atoms with Crippen LogP contribution in [0, 0.1) is 0 Å². The van der Waals surface area contributed by atoms with E-state index in [-0.39, 0.29) is 12.2 Å². The molecule has 0 aliphatic heterocycles. The van der Waals surface area contributed by atoms with Crippen molar-refractivity contribution in [3.8, 4) is 22.6 Å². The van der Waals surface area contributed by atoms with E-state index >= 15 is 0 Å². The van der Waals surface area contributed by atoms with Crippen molar-refractivity contribution >= 4 is 0 Å². The number of ether oxygens (including phenoxy) is 2. The fourth-order valence-electron chi connectivity index (χ4n) is 2.10. The maximum atomic E-state index is 12.4. The van der Waals surface area contributed by atoms with Crippen LogP contribution in [0.4, 0.5) is 26.3 Å². The molecule has 0 aromatic heterocycles. The lowest BCUT2D eigenvalue weighted by molar-refractivity contribution is -0.275. The minimum atomic E-state index is -5.08. The minimum Gasteiger partial charge on any atom is -0.480 e. The minimum absolute atomic E-state index is 0.274. The fraction of sp³-hybridized carbons (Fsp3) is 0.250. The molecule has 0 atom stereocenters. The van der Waals surface area contributed by atoms with Crippen LogP contribution in [0.15, 0.2) is 42.5 Å². The highest BCUT2D eigenvalue weighted by molar-refractivity contribution is 5.70. The van der Waals surface area contributed by atoms with Crippen LogP contribution < -0.4 is 9.47 Å². The Bertz CT molecular complexity index is 725. The molecule has 2 aromatic rings. The Hall–Kier alpha value is -2.42. The van der Waals surface area contributed by atoms with E-state index in [1.807, 2.05) is 0 Å². The fourth-order valence-corrected chi connectivity index (χ4v) is 2.10. The molecule has 0 unspecified atom stereocenters. The standard InChI is InChI=1S/C16H12F6O3/c17-15(18,19)9-24-14-7-10(5-6-13(14)25-16(20,21)22)12-4-2-1-3-11(12)8-23/h1-7,23H,8-9H2. The molecule has 0 saturated heterocycles. The Labute approximate surface area is 138 Å². The molecule has 0 spiro atoms. The van der Waals surface area contributed by atoms with Crippen LogP contribution in [-0.2, 0) is 6.61 Å². The zero-order valence-corrected chi connectivity index (χ0v) is 12.5. The Balaban J connectivity index is 2.43. The molecule has 0 aliphatic rings. The summed E-state index contributed by atoms with van der Waals surface area (Å²) < 4.78 is 82.4. The van der Waals surface area contributed by atoms with E-state index in [1.165, 1.54) is 6.07 Å². The van der Waals surface area contributed by atoms with Crippen molar-refractivity contribution in [1.82, 2.24) is 0 Å². The molecule has 25 heavy (non-hydrogen) atoms. The van der Waals surface area contributed by atoms with Crippen LogP contribution in [-0.4, -0.2) is 24.3 Å². The molecule has 3 nitrogen and oxygen atoms in total. The van der Waals surface area contributed by atoms with E-state index in [4.69, 9.17) is 0 Å². The van der Waals surface area contributed by atoms with Crippen molar-refractivity contribution in [3.05, 3.63) is 48.0 Å². The molecule has 0 heterocycles. The Morgan fingerprint density at radius 3 is 2.16 bits per heavy atom. The smallest absolute Gasteiger partial charge is 0.480 e. The molecule has 0 aliphatic carbocycles. The monoisotopic (exact) mass is 366 g/mol. The molecule has 0 fully saturated rings. The first-order chi connectivity index (χ1) is 11.6. The number of benzene rings is 2. The number of halogens is 6. The molecule has 2 aromatic carbocycles. The summed E-state index contributed by atoms with van der Waals surface area (Å²) in [6.07, 6.45) is -9.81. The van der Waals surface area contributed by atoms with E-state index in [0.717, 1.165) is 12.1 Å². The van der Waals surface area contributed by atoms with Crippen molar-refractivity contribution < 1.29 is 40.9 Å². The number of rotatable bonds is 5. The van der Waals surface area contributed by atoms with Gasteiger partial charge in [-0.05, 0) is 28.8 Å². The lowest BCUT2D eigenvalue weighted by Crippen LogP contribution is -2.21. The normalized spacial score (nSPS) is 12.1. The van der Waals surface area contributed by atoms with Gasteiger partial charge in [-0.2, -0.15) is 13.2 Å². The highest BCUT2D eigenvalue weighted by Gasteiger charge is 2.34. The highest BCUT2D eigenvalue weighted by atomic mass is 19.4. The average Bonchev–Trinajstić information content (AvgIpc) is 2.51. The predicted octanol–water partition coefficient (Wildman–Crippen LogP) is 4.69. The summed E-state index contributed by atoms with van der Waals surface area (Å²) in [5.74, 6) is -1.60. The molecular weight excluding hydrogens is 354 g/mol.